The molecule has 0 bridgehead atoms. The largest absolute Gasteiger partial charge is 0.479 e. The minimum atomic E-state index is -1.45. The van der Waals surface area contributed by atoms with E-state index in [-0.39, 0.29) is 13.0 Å². The summed E-state index contributed by atoms with van der Waals surface area (Å²) in [5, 5.41) is 23.2. The molecule has 0 aliphatic rings. The van der Waals surface area contributed by atoms with Crippen LogP contribution in [0.25, 0.3) is 0 Å². The van der Waals surface area contributed by atoms with Crippen molar-refractivity contribution < 1.29 is 19.8 Å². The summed E-state index contributed by atoms with van der Waals surface area (Å²) in [6, 6.07) is -0.416. The van der Waals surface area contributed by atoms with E-state index in [1.165, 1.54) is 11.3 Å². The average molecular weight is 273 g/mol. The first kappa shape index (κ1) is 14.4. The van der Waals surface area contributed by atoms with Crippen LogP contribution in [0.3, 0.4) is 0 Å². The zero-order valence-corrected chi connectivity index (χ0v) is 10.7. The number of carbonyl (C=O) groups excluding carboxylic acids is 1. The minimum absolute atomic E-state index is 0.0287. The molecule has 1 aromatic rings. The maximum atomic E-state index is 11.3. The molecule has 1 atom stereocenters. The zero-order valence-electron chi connectivity index (χ0n) is 9.84. The highest BCUT2D eigenvalue weighted by Crippen LogP contribution is 2.10. The van der Waals surface area contributed by atoms with E-state index < -0.39 is 18.1 Å². The third kappa shape index (κ3) is 5.11. The number of nitrogens with one attached hydrogen (secondary N) is 2. The Kier molecular flexibility index (Phi) is 5.53. The van der Waals surface area contributed by atoms with Gasteiger partial charge in [-0.2, -0.15) is 0 Å². The van der Waals surface area contributed by atoms with Gasteiger partial charge in [0.2, 0.25) is 0 Å². The molecule has 0 spiro atoms. The van der Waals surface area contributed by atoms with Gasteiger partial charge < -0.3 is 20.8 Å². The molecular weight excluding hydrogens is 258 g/mol. The molecular formula is C10H15N3O4S. The lowest BCUT2D eigenvalue weighted by Crippen LogP contribution is -2.37. The predicted molar refractivity (Wildman–Crippen MR) is 65.3 cm³/mol. The third-order valence-corrected chi connectivity index (χ3v) is 2.97. The van der Waals surface area contributed by atoms with Crippen LogP contribution in [0.2, 0.25) is 0 Å². The SMILES string of the molecule is Cc1cnc(CNC(=O)NCCC(O)C(=O)O)s1. The van der Waals surface area contributed by atoms with Crippen LogP contribution in [0.15, 0.2) is 6.20 Å². The summed E-state index contributed by atoms with van der Waals surface area (Å²) >= 11 is 1.49. The van der Waals surface area contributed by atoms with Gasteiger partial charge in [-0.1, -0.05) is 0 Å². The lowest BCUT2D eigenvalue weighted by Gasteiger charge is -2.07. The number of aromatic nitrogens is 1. The number of amides is 2. The van der Waals surface area contributed by atoms with Crippen molar-refractivity contribution in [2.24, 2.45) is 0 Å². The zero-order chi connectivity index (χ0) is 13.5. The second-order valence-corrected chi connectivity index (χ2v) is 4.94. The molecule has 0 aliphatic heterocycles. The maximum Gasteiger partial charge on any atom is 0.332 e. The number of carbonyl (C=O) groups is 2. The Morgan fingerprint density at radius 2 is 2.22 bits per heavy atom. The lowest BCUT2D eigenvalue weighted by molar-refractivity contribution is -0.146. The standard InChI is InChI=1S/C10H15N3O4S/c1-6-4-12-8(18-6)5-13-10(17)11-3-2-7(14)9(15)16/h4,7,14H,2-3,5H2,1H3,(H,15,16)(H2,11,13,17). The van der Waals surface area contributed by atoms with Gasteiger partial charge in [0.15, 0.2) is 6.10 Å². The van der Waals surface area contributed by atoms with Crippen LogP contribution >= 0.6 is 11.3 Å². The highest BCUT2D eigenvalue weighted by Gasteiger charge is 2.12. The summed E-state index contributed by atoms with van der Waals surface area (Å²) in [5.41, 5.74) is 0. The fourth-order valence-corrected chi connectivity index (χ4v) is 1.87. The Bertz CT molecular complexity index is 421. The van der Waals surface area contributed by atoms with Gasteiger partial charge in [0.05, 0.1) is 6.54 Å². The minimum Gasteiger partial charge on any atom is -0.479 e. The van der Waals surface area contributed by atoms with E-state index in [1.807, 2.05) is 6.92 Å². The highest BCUT2D eigenvalue weighted by molar-refractivity contribution is 7.11. The predicted octanol–water partition coefficient (Wildman–Crippen LogP) is 0.0863. The van der Waals surface area contributed by atoms with Crippen LogP contribution in [0.1, 0.15) is 16.3 Å². The van der Waals surface area contributed by atoms with Crippen molar-refractivity contribution in [1.29, 1.82) is 0 Å². The smallest absolute Gasteiger partial charge is 0.332 e. The van der Waals surface area contributed by atoms with Crippen molar-refractivity contribution in [2.75, 3.05) is 6.54 Å². The van der Waals surface area contributed by atoms with Crippen LogP contribution in [0.4, 0.5) is 4.79 Å². The normalized spacial score (nSPS) is 11.9. The molecule has 1 heterocycles. The number of aryl methyl sites for hydroxylation is 1. The van der Waals surface area contributed by atoms with Gasteiger partial charge in [-0.05, 0) is 6.92 Å². The van der Waals surface area contributed by atoms with E-state index in [9.17, 15) is 9.59 Å². The maximum absolute atomic E-state index is 11.3. The number of urea groups is 1. The van der Waals surface area contributed by atoms with Gasteiger partial charge in [-0.25, -0.2) is 14.6 Å². The quantitative estimate of drug-likeness (QED) is 0.587. The second-order valence-electron chi connectivity index (χ2n) is 3.62. The molecule has 0 saturated heterocycles. The Balaban J connectivity index is 2.16. The van der Waals surface area contributed by atoms with Crippen molar-refractivity contribution in [3.8, 4) is 0 Å². The average Bonchev–Trinajstić information content (AvgIpc) is 2.72. The molecule has 0 fully saturated rings. The van der Waals surface area contributed by atoms with E-state index in [0.29, 0.717) is 6.54 Å². The van der Waals surface area contributed by atoms with Gasteiger partial charge >= 0.3 is 12.0 Å². The molecule has 100 valence electrons. The summed E-state index contributed by atoms with van der Waals surface area (Å²) in [4.78, 5) is 26.7. The van der Waals surface area contributed by atoms with Gasteiger partial charge in [-0.15, -0.1) is 11.3 Å². The molecule has 1 unspecified atom stereocenters. The number of carboxylic acids is 1. The summed E-state index contributed by atoms with van der Waals surface area (Å²) in [7, 11) is 0. The molecule has 0 radical (unpaired) electrons. The van der Waals surface area contributed by atoms with Crippen molar-refractivity contribution in [3.05, 3.63) is 16.1 Å². The third-order valence-electron chi connectivity index (χ3n) is 2.06. The number of aliphatic hydroxyl groups excluding tert-OH is 1. The first-order chi connectivity index (χ1) is 8.49. The number of rotatable bonds is 6. The van der Waals surface area contributed by atoms with Crippen LogP contribution in [0.5, 0.6) is 0 Å². The Morgan fingerprint density at radius 3 is 2.78 bits per heavy atom. The molecule has 0 aromatic carbocycles. The van der Waals surface area contributed by atoms with Crippen LogP contribution < -0.4 is 10.6 Å². The lowest BCUT2D eigenvalue weighted by atomic mass is 10.2. The summed E-state index contributed by atoms with van der Waals surface area (Å²) in [6.07, 6.45) is 0.244. The Hall–Kier alpha value is -1.67. The molecule has 0 aliphatic carbocycles. The van der Waals surface area contributed by atoms with Gasteiger partial charge in [0.25, 0.3) is 0 Å². The fourth-order valence-electron chi connectivity index (χ4n) is 1.15. The van der Waals surface area contributed by atoms with Gasteiger partial charge in [-0.3, -0.25) is 0 Å². The van der Waals surface area contributed by atoms with E-state index >= 15 is 0 Å². The Labute approximate surface area is 108 Å². The first-order valence-electron chi connectivity index (χ1n) is 5.33. The van der Waals surface area contributed by atoms with Gasteiger partial charge in [0, 0.05) is 24.0 Å². The number of carboxylic acid groups (broad SMARTS) is 1. The molecule has 18 heavy (non-hydrogen) atoms. The molecule has 4 N–H and O–H groups in total. The summed E-state index contributed by atoms with van der Waals surface area (Å²) in [5.74, 6) is -1.30. The highest BCUT2D eigenvalue weighted by atomic mass is 32.1. The summed E-state index contributed by atoms with van der Waals surface area (Å²) in [6.45, 7) is 2.34. The van der Waals surface area contributed by atoms with Crippen LogP contribution in [-0.2, 0) is 11.3 Å². The van der Waals surface area contributed by atoms with E-state index in [1.54, 1.807) is 6.20 Å². The van der Waals surface area contributed by atoms with Crippen LogP contribution in [-0.4, -0.2) is 39.8 Å². The number of aliphatic carboxylic acids is 1. The molecule has 7 nitrogen and oxygen atoms in total. The van der Waals surface area contributed by atoms with Gasteiger partial charge in [0.1, 0.15) is 5.01 Å². The molecule has 2 amide bonds. The number of thiazole rings is 1. The van der Waals surface area contributed by atoms with Crippen molar-refractivity contribution in [3.63, 3.8) is 0 Å². The first-order valence-corrected chi connectivity index (χ1v) is 6.14. The summed E-state index contributed by atoms with van der Waals surface area (Å²) < 4.78 is 0. The van der Waals surface area contributed by atoms with Crippen molar-refractivity contribution in [2.45, 2.75) is 26.0 Å². The molecule has 8 heteroatoms. The number of hydrogen-bond acceptors (Lipinski definition) is 5. The topological polar surface area (TPSA) is 112 Å². The molecule has 1 rings (SSSR count). The molecule has 0 saturated carbocycles. The monoisotopic (exact) mass is 273 g/mol. The molecule has 1 aromatic heterocycles. The van der Waals surface area contributed by atoms with Crippen molar-refractivity contribution in [1.82, 2.24) is 15.6 Å². The van der Waals surface area contributed by atoms with E-state index in [2.05, 4.69) is 15.6 Å². The Morgan fingerprint density at radius 1 is 1.50 bits per heavy atom. The van der Waals surface area contributed by atoms with E-state index in [0.717, 1.165) is 9.88 Å². The van der Waals surface area contributed by atoms with Crippen LogP contribution in [0, 0.1) is 6.92 Å². The number of aliphatic hydroxyl groups is 1. The fraction of sp³-hybridized carbons (Fsp3) is 0.500. The van der Waals surface area contributed by atoms with Crippen molar-refractivity contribution >= 4 is 23.3 Å². The number of nitrogens with zero attached hydrogens (tertiary/aromatic N) is 1. The second kappa shape index (κ2) is 6.92. The van der Waals surface area contributed by atoms with E-state index in [4.69, 9.17) is 10.2 Å². The number of hydrogen-bond donors (Lipinski definition) is 4.